The van der Waals surface area contributed by atoms with E-state index >= 15 is 0 Å². The van der Waals surface area contributed by atoms with Crippen molar-refractivity contribution in [2.45, 2.75) is 51.0 Å². The number of alkyl carbamates (subject to hydrolysis) is 1. The summed E-state index contributed by atoms with van der Waals surface area (Å²) in [4.78, 5) is 16.2. The van der Waals surface area contributed by atoms with Crippen molar-refractivity contribution in [3.05, 3.63) is 41.6 Å². The number of nitrogens with one attached hydrogen (secondary N) is 1. The minimum absolute atomic E-state index is 0.273. The average molecular weight is 385 g/mol. The van der Waals surface area contributed by atoms with Gasteiger partial charge in [0.2, 0.25) is 0 Å². The highest BCUT2D eigenvalue weighted by Gasteiger charge is 2.42. The van der Waals surface area contributed by atoms with Crippen molar-refractivity contribution in [2.24, 2.45) is 0 Å². The van der Waals surface area contributed by atoms with Crippen LogP contribution in [-0.2, 0) is 30.9 Å². The van der Waals surface area contributed by atoms with E-state index in [-0.39, 0.29) is 11.7 Å². The van der Waals surface area contributed by atoms with Crippen LogP contribution in [0.15, 0.2) is 28.9 Å². The third kappa shape index (κ3) is 3.66. The Morgan fingerprint density at radius 1 is 1.14 bits per heavy atom. The van der Waals surface area contributed by atoms with Gasteiger partial charge in [-0.2, -0.15) is 5.10 Å². The topological polar surface area (TPSA) is 75.8 Å². The van der Waals surface area contributed by atoms with Gasteiger partial charge in [-0.05, 0) is 24.6 Å². The summed E-state index contributed by atoms with van der Waals surface area (Å²) < 4.78 is 13.2. The van der Waals surface area contributed by atoms with E-state index in [1.165, 1.54) is 5.69 Å². The second kappa shape index (κ2) is 7.25. The fourth-order valence-corrected chi connectivity index (χ4v) is 4.55. The highest BCUT2D eigenvalue weighted by Crippen LogP contribution is 2.30. The van der Waals surface area contributed by atoms with Crippen LogP contribution in [0.2, 0.25) is 0 Å². The second-order valence-electron chi connectivity index (χ2n) is 8.20. The Morgan fingerprint density at radius 3 is 2.79 bits per heavy atom. The summed E-state index contributed by atoms with van der Waals surface area (Å²) in [5, 5.41) is 7.66. The molecule has 5 rings (SSSR count). The van der Waals surface area contributed by atoms with Gasteiger partial charge in [0.15, 0.2) is 0 Å². The van der Waals surface area contributed by atoms with Gasteiger partial charge in [0.1, 0.15) is 11.4 Å². The van der Waals surface area contributed by atoms with Gasteiger partial charge in [0, 0.05) is 52.1 Å². The summed E-state index contributed by atoms with van der Waals surface area (Å²) in [6.07, 6.45) is 4.33. The SMILES string of the molecule is O=C1NCC2(CCN(Cc3cc4n(n3)CCCN(Cc3ccco3)C4)CC2)O1. The molecule has 0 unspecified atom stereocenters. The molecule has 28 heavy (non-hydrogen) atoms. The molecule has 1 spiro atoms. The molecule has 0 saturated carbocycles. The van der Waals surface area contributed by atoms with E-state index in [2.05, 4.69) is 25.9 Å². The van der Waals surface area contributed by atoms with Crippen molar-refractivity contribution in [3.63, 3.8) is 0 Å². The number of aromatic nitrogens is 2. The predicted molar refractivity (Wildman–Crippen MR) is 101 cm³/mol. The number of piperidine rings is 1. The molecule has 2 aromatic rings. The number of aryl methyl sites for hydroxylation is 1. The van der Waals surface area contributed by atoms with Crippen molar-refractivity contribution in [1.29, 1.82) is 0 Å². The number of nitrogens with zero attached hydrogens (tertiary/aromatic N) is 4. The summed E-state index contributed by atoms with van der Waals surface area (Å²) in [7, 11) is 0. The van der Waals surface area contributed by atoms with Gasteiger partial charge in [-0.1, -0.05) is 0 Å². The first-order valence-corrected chi connectivity index (χ1v) is 10.2. The van der Waals surface area contributed by atoms with Crippen LogP contribution in [0, 0.1) is 0 Å². The number of carbonyl (C=O) groups excluding carboxylic acids is 1. The van der Waals surface area contributed by atoms with Gasteiger partial charge in [-0.3, -0.25) is 14.5 Å². The summed E-state index contributed by atoms with van der Waals surface area (Å²) in [5.41, 5.74) is 2.12. The summed E-state index contributed by atoms with van der Waals surface area (Å²) in [6.45, 7) is 7.13. The van der Waals surface area contributed by atoms with Gasteiger partial charge >= 0.3 is 6.09 Å². The van der Waals surface area contributed by atoms with E-state index in [0.717, 1.165) is 76.5 Å². The van der Waals surface area contributed by atoms with Crippen LogP contribution in [0.5, 0.6) is 0 Å². The fraction of sp³-hybridized carbons (Fsp3) is 0.600. The van der Waals surface area contributed by atoms with Crippen LogP contribution in [0.4, 0.5) is 4.79 Å². The Hall–Kier alpha value is -2.32. The molecule has 0 aliphatic carbocycles. The number of rotatable bonds is 4. The maximum atomic E-state index is 11.4. The van der Waals surface area contributed by atoms with Crippen LogP contribution in [0.25, 0.3) is 0 Å². The molecule has 5 heterocycles. The molecular formula is C20H27N5O3. The lowest BCUT2D eigenvalue weighted by molar-refractivity contribution is -0.00132. The number of likely N-dealkylation sites (tertiary alicyclic amines) is 1. The van der Waals surface area contributed by atoms with Gasteiger partial charge in [-0.25, -0.2) is 4.79 Å². The van der Waals surface area contributed by atoms with Crippen molar-refractivity contribution in [3.8, 4) is 0 Å². The molecule has 3 aliphatic rings. The van der Waals surface area contributed by atoms with E-state index in [1.807, 2.05) is 12.1 Å². The van der Waals surface area contributed by atoms with Crippen molar-refractivity contribution < 1.29 is 13.9 Å². The van der Waals surface area contributed by atoms with Crippen molar-refractivity contribution >= 4 is 6.09 Å². The molecular weight excluding hydrogens is 358 g/mol. The minimum Gasteiger partial charge on any atom is -0.468 e. The highest BCUT2D eigenvalue weighted by molar-refractivity contribution is 5.70. The van der Waals surface area contributed by atoms with Crippen LogP contribution in [-0.4, -0.2) is 57.5 Å². The number of ether oxygens (including phenoxy) is 1. The lowest BCUT2D eigenvalue weighted by Gasteiger charge is -2.36. The quantitative estimate of drug-likeness (QED) is 0.867. The molecule has 150 valence electrons. The molecule has 2 fully saturated rings. The van der Waals surface area contributed by atoms with Crippen LogP contribution < -0.4 is 5.32 Å². The van der Waals surface area contributed by atoms with Gasteiger partial charge < -0.3 is 14.5 Å². The Labute approximate surface area is 164 Å². The van der Waals surface area contributed by atoms with Crippen LogP contribution >= 0.6 is 0 Å². The first-order valence-electron chi connectivity index (χ1n) is 10.2. The lowest BCUT2D eigenvalue weighted by atomic mass is 9.91. The van der Waals surface area contributed by atoms with Crippen LogP contribution in [0.1, 0.15) is 36.4 Å². The number of amides is 1. The Morgan fingerprint density at radius 2 is 2.04 bits per heavy atom. The first-order chi connectivity index (χ1) is 13.7. The standard InChI is InChI=1S/C20H27N5O3/c26-19-21-15-20(28-19)4-8-23(9-5-20)12-16-11-17-13-24(6-2-7-25(17)22-16)14-18-3-1-10-27-18/h1,3,10-11H,2,4-9,12-15H2,(H,21,26). The molecule has 0 radical (unpaired) electrons. The maximum Gasteiger partial charge on any atom is 0.407 e. The second-order valence-corrected chi connectivity index (χ2v) is 8.20. The van der Waals surface area contributed by atoms with E-state index in [1.54, 1.807) is 6.26 Å². The van der Waals surface area contributed by atoms with Crippen molar-refractivity contribution in [1.82, 2.24) is 24.9 Å². The van der Waals surface area contributed by atoms with Gasteiger partial charge in [-0.15, -0.1) is 0 Å². The smallest absolute Gasteiger partial charge is 0.407 e. The molecule has 2 aromatic heterocycles. The van der Waals surface area contributed by atoms with Gasteiger partial charge in [0.05, 0.1) is 30.7 Å². The molecule has 3 aliphatic heterocycles. The molecule has 2 saturated heterocycles. The molecule has 8 heteroatoms. The van der Waals surface area contributed by atoms with E-state index in [4.69, 9.17) is 14.3 Å². The molecule has 1 amide bonds. The Balaban J connectivity index is 1.19. The maximum absolute atomic E-state index is 11.4. The van der Waals surface area contributed by atoms with Crippen LogP contribution in [0.3, 0.4) is 0 Å². The van der Waals surface area contributed by atoms with Crippen molar-refractivity contribution in [2.75, 3.05) is 26.2 Å². The molecule has 8 nitrogen and oxygen atoms in total. The zero-order valence-corrected chi connectivity index (χ0v) is 16.1. The first kappa shape index (κ1) is 17.8. The lowest BCUT2D eigenvalue weighted by Crippen LogP contribution is -2.46. The van der Waals surface area contributed by atoms with E-state index in [0.29, 0.717) is 6.54 Å². The largest absolute Gasteiger partial charge is 0.468 e. The molecule has 0 atom stereocenters. The number of hydrogen-bond donors (Lipinski definition) is 1. The molecule has 0 bridgehead atoms. The minimum atomic E-state index is -0.286. The third-order valence-electron chi connectivity index (χ3n) is 6.12. The zero-order valence-electron chi connectivity index (χ0n) is 16.1. The molecule has 0 aromatic carbocycles. The number of fused-ring (bicyclic) bond motifs is 1. The monoisotopic (exact) mass is 385 g/mol. The fourth-order valence-electron chi connectivity index (χ4n) is 4.55. The number of carbonyl (C=O) groups is 1. The average Bonchev–Trinajstić information content (AvgIpc) is 3.38. The zero-order chi connectivity index (χ0) is 19.0. The summed E-state index contributed by atoms with van der Waals surface area (Å²) in [6, 6.07) is 6.23. The summed E-state index contributed by atoms with van der Waals surface area (Å²) >= 11 is 0. The molecule has 1 N–H and O–H groups in total. The summed E-state index contributed by atoms with van der Waals surface area (Å²) in [5.74, 6) is 1.01. The normalized spacial score (nSPS) is 22.6. The number of furan rings is 1. The Kier molecular flexibility index (Phi) is 4.60. The number of hydrogen-bond acceptors (Lipinski definition) is 6. The Bertz CT molecular complexity index is 823. The van der Waals surface area contributed by atoms with E-state index in [9.17, 15) is 4.79 Å². The van der Waals surface area contributed by atoms with E-state index < -0.39 is 0 Å². The predicted octanol–water partition coefficient (Wildman–Crippen LogP) is 1.96. The third-order valence-corrected chi connectivity index (χ3v) is 6.12. The highest BCUT2D eigenvalue weighted by atomic mass is 16.6. The van der Waals surface area contributed by atoms with Gasteiger partial charge in [0.25, 0.3) is 0 Å².